The number of fused-ring (bicyclic) bond motifs is 3. The fraction of sp³-hybridized carbons (Fsp3) is 0.391. The van der Waals surface area contributed by atoms with Gasteiger partial charge >= 0.3 is 0 Å². The highest BCUT2D eigenvalue weighted by Crippen LogP contribution is 2.38. The first-order valence-corrected chi connectivity index (χ1v) is 11.1. The van der Waals surface area contributed by atoms with Gasteiger partial charge in [0, 0.05) is 54.9 Å². The Morgan fingerprint density at radius 3 is 2.66 bits per heavy atom. The summed E-state index contributed by atoms with van der Waals surface area (Å²) in [6.07, 6.45) is 1.91. The molecule has 1 aliphatic heterocycles. The number of benzene rings is 1. The van der Waals surface area contributed by atoms with Crippen molar-refractivity contribution in [2.75, 3.05) is 31.1 Å². The van der Waals surface area contributed by atoms with Crippen LogP contribution in [0.25, 0.3) is 11.3 Å². The van der Waals surface area contributed by atoms with Gasteiger partial charge in [0.2, 0.25) is 0 Å². The van der Waals surface area contributed by atoms with E-state index in [1.807, 2.05) is 16.6 Å². The van der Waals surface area contributed by atoms with Crippen LogP contribution in [0.3, 0.4) is 0 Å². The summed E-state index contributed by atoms with van der Waals surface area (Å²) in [6.45, 7) is 7.49. The van der Waals surface area contributed by atoms with E-state index in [4.69, 9.17) is 0 Å². The lowest BCUT2D eigenvalue weighted by Crippen LogP contribution is -2.49. The SMILES string of the molecule is Cc1ccc(C)c(N2CCN(C(=O)c3nn(C)c4c3CCc3sccc3-4)CC2)c1. The molecule has 0 radical (unpaired) electrons. The van der Waals surface area contributed by atoms with Crippen molar-refractivity contribution in [3.63, 3.8) is 0 Å². The van der Waals surface area contributed by atoms with Gasteiger partial charge in [0.15, 0.2) is 5.69 Å². The van der Waals surface area contributed by atoms with Gasteiger partial charge in [0.25, 0.3) is 5.91 Å². The molecule has 1 fully saturated rings. The van der Waals surface area contributed by atoms with E-state index in [2.05, 4.69) is 53.5 Å². The van der Waals surface area contributed by atoms with Crippen molar-refractivity contribution < 1.29 is 4.79 Å². The average Bonchev–Trinajstić information content (AvgIpc) is 3.33. The number of piperazine rings is 1. The summed E-state index contributed by atoms with van der Waals surface area (Å²) >= 11 is 1.80. The monoisotopic (exact) mass is 406 g/mol. The van der Waals surface area contributed by atoms with E-state index in [1.165, 1.54) is 27.3 Å². The van der Waals surface area contributed by atoms with E-state index in [0.717, 1.165) is 50.3 Å². The largest absolute Gasteiger partial charge is 0.368 e. The molecule has 3 heterocycles. The number of carbonyl (C=O) groups is 1. The number of rotatable bonds is 2. The molecule has 0 bridgehead atoms. The summed E-state index contributed by atoms with van der Waals surface area (Å²) in [6, 6.07) is 8.75. The lowest BCUT2D eigenvalue weighted by atomic mass is 9.94. The Morgan fingerprint density at radius 1 is 1.07 bits per heavy atom. The summed E-state index contributed by atoms with van der Waals surface area (Å²) in [4.78, 5) is 19.1. The third kappa shape index (κ3) is 3.06. The van der Waals surface area contributed by atoms with Crippen LogP contribution in [0.2, 0.25) is 0 Å². The molecule has 0 unspecified atom stereocenters. The van der Waals surface area contributed by atoms with E-state index >= 15 is 0 Å². The fourth-order valence-electron chi connectivity index (χ4n) is 4.66. The highest BCUT2D eigenvalue weighted by atomic mass is 32.1. The smallest absolute Gasteiger partial charge is 0.274 e. The van der Waals surface area contributed by atoms with Crippen molar-refractivity contribution in [1.82, 2.24) is 14.7 Å². The molecular formula is C23H26N4OS. The van der Waals surface area contributed by atoms with Crippen molar-refractivity contribution in [2.24, 2.45) is 7.05 Å². The second-order valence-electron chi connectivity index (χ2n) is 8.13. The second-order valence-corrected chi connectivity index (χ2v) is 9.13. The van der Waals surface area contributed by atoms with Crippen LogP contribution in [-0.4, -0.2) is 46.8 Å². The molecule has 1 aliphatic carbocycles. The minimum Gasteiger partial charge on any atom is -0.368 e. The molecule has 6 heteroatoms. The first kappa shape index (κ1) is 18.4. The topological polar surface area (TPSA) is 41.4 Å². The maximum atomic E-state index is 13.3. The Balaban J connectivity index is 1.36. The van der Waals surface area contributed by atoms with Gasteiger partial charge in [-0.1, -0.05) is 12.1 Å². The molecule has 5 rings (SSSR count). The average molecular weight is 407 g/mol. The number of thiophene rings is 1. The number of anilines is 1. The van der Waals surface area contributed by atoms with Crippen LogP contribution < -0.4 is 4.90 Å². The van der Waals surface area contributed by atoms with Gasteiger partial charge in [-0.05, 0) is 55.3 Å². The minimum atomic E-state index is 0.0844. The fourth-order valence-corrected chi connectivity index (χ4v) is 5.54. The van der Waals surface area contributed by atoms with Crippen molar-refractivity contribution in [1.29, 1.82) is 0 Å². The maximum Gasteiger partial charge on any atom is 0.274 e. The number of aromatic nitrogens is 2. The highest BCUT2D eigenvalue weighted by molar-refractivity contribution is 7.10. The molecule has 0 saturated carbocycles. The Morgan fingerprint density at radius 2 is 1.86 bits per heavy atom. The summed E-state index contributed by atoms with van der Waals surface area (Å²) in [5.41, 5.74) is 8.02. The van der Waals surface area contributed by atoms with Crippen LogP contribution in [-0.2, 0) is 19.9 Å². The Labute approximate surface area is 175 Å². The van der Waals surface area contributed by atoms with E-state index < -0.39 is 0 Å². The van der Waals surface area contributed by atoms with Gasteiger partial charge in [0.05, 0.1) is 5.69 Å². The van der Waals surface area contributed by atoms with Crippen molar-refractivity contribution in [3.05, 3.63) is 56.9 Å². The number of nitrogens with zero attached hydrogens (tertiary/aromatic N) is 4. The van der Waals surface area contributed by atoms with Crippen LogP contribution >= 0.6 is 11.3 Å². The first-order valence-electron chi connectivity index (χ1n) is 10.3. The zero-order chi connectivity index (χ0) is 20.1. The number of hydrogen-bond acceptors (Lipinski definition) is 4. The predicted octanol–water partition coefficient (Wildman–Crippen LogP) is 3.83. The van der Waals surface area contributed by atoms with Crippen LogP contribution in [0.4, 0.5) is 5.69 Å². The quantitative estimate of drug-likeness (QED) is 0.650. The third-order valence-electron chi connectivity index (χ3n) is 6.22. The Bertz CT molecular complexity index is 1090. The van der Waals surface area contributed by atoms with Crippen LogP contribution in [0.1, 0.15) is 32.1 Å². The third-order valence-corrected chi connectivity index (χ3v) is 7.20. The van der Waals surface area contributed by atoms with Gasteiger partial charge in [0.1, 0.15) is 0 Å². The molecule has 1 saturated heterocycles. The van der Waals surface area contributed by atoms with Crippen LogP contribution in [0.5, 0.6) is 0 Å². The number of hydrogen-bond donors (Lipinski definition) is 0. The van der Waals surface area contributed by atoms with E-state index in [1.54, 1.807) is 11.3 Å². The Hall–Kier alpha value is -2.60. The number of amides is 1. The van der Waals surface area contributed by atoms with Gasteiger partial charge in [-0.25, -0.2) is 0 Å². The van der Waals surface area contributed by atoms with Crippen molar-refractivity contribution in [2.45, 2.75) is 26.7 Å². The molecule has 1 amide bonds. The van der Waals surface area contributed by atoms with E-state index in [-0.39, 0.29) is 5.91 Å². The molecule has 2 aliphatic rings. The first-order chi connectivity index (χ1) is 14.0. The molecule has 1 aromatic carbocycles. The Kier molecular flexibility index (Phi) is 4.46. The molecule has 2 aromatic heterocycles. The predicted molar refractivity (Wildman–Crippen MR) is 118 cm³/mol. The van der Waals surface area contributed by atoms with Gasteiger partial charge < -0.3 is 9.80 Å². The molecule has 29 heavy (non-hydrogen) atoms. The number of carbonyl (C=O) groups excluding carboxylic acids is 1. The molecule has 150 valence electrons. The standard InChI is InChI=1S/C23H26N4OS/c1-15-4-5-16(2)19(14-15)26-9-11-27(12-10-26)23(28)21-18-6-7-20-17(8-13-29-20)22(18)25(3)24-21/h4-5,8,13-14H,6-7,9-12H2,1-3H3. The normalized spacial score (nSPS) is 16.0. The van der Waals surface area contributed by atoms with Crippen LogP contribution in [0.15, 0.2) is 29.6 Å². The lowest BCUT2D eigenvalue weighted by molar-refractivity contribution is 0.0739. The van der Waals surface area contributed by atoms with Gasteiger partial charge in [-0.2, -0.15) is 5.10 Å². The zero-order valence-electron chi connectivity index (χ0n) is 17.2. The molecular weight excluding hydrogens is 380 g/mol. The lowest BCUT2D eigenvalue weighted by Gasteiger charge is -2.36. The van der Waals surface area contributed by atoms with Crippen molar-refractivity contribution in [3.8, 4) is 11.3 Å². The number of aryl methyl sites for hydroxylation is 4. The minimum absolute atomic E-state index is 0.0844. The zero-order valence-corrected chi connectivity index (χ0v) is 18.1. The molecule has 5 nitrogen and oxygen atoms in total. The molecule has 3 aromatic rings. The molecule has 0 N–H and O–H groups in total. The van der Waals surface area contributed by atoms with Crippen LogP contribution in [0, 0.1) is 13.8 Å². The molecule has 0 atom stereocenters. The van der Waals surface area contributed by atoms with Gasteiger partial charge in [-0.3, -0.25) is 9.48 Å². The van der Waals surface area contributed by atoms with E-state index in [0.29, 0.717) is 5.69 Å². The highest BCUT2D eigenvalue weighted by Gasteiger charge is 2.31. The maximum absolute atomic E-state index is 13.3. The second kappa shape index (κ2) is 7.02. The van der Waals surface area contributed by atoms with Gasteiger partial charge in [-0.15, -0.1) is 11.3 Å². The summed E-state index contributed by atoms with van der Waals surface area (Å²) in [5, 5.41) is 6.80. The summed E-state index contributed by atoms with van der Waals surface area (Å²) < 4.78 is 1.90. The van der Waals surface area contributed by atoms with E-state index in [9.17, 15) is 4.79 Å². The van der Waals surface area contributed by atoms with Crippen molar-refractivity contribution >= 4 is 22.9 Å². The molecule has 0 spiro atoms. The summed E-state index contributed by atoms with van der Waals surface area (Å²) in [7, 11) is 1.96. The summed E-state index contributed by atoms with van der Waals surface area (Å²) in [5.74, 6) is 0.0844.